The third-order valence-electron chi connectivity index (χ3n) is 2.37. The van der Waals surface area contributed by atoms with Gasteiger partial charge in [-0.25, -0.2) is 4.68 Å². The van der Waals surface area contributed by atoms with Crippen molar-refractivity contribution in [2.75, 3.05) is 23.7 Å². The third-order valence-corrected chi connectivity index (χ3v) is 2.76. The Hall–Kier alpha value is -0.880. The first-order chi connectivity index (χ1) is 7.31. The Labute approximate surface area is 96.4 Å². The molecule has 0 bridgehead atoms. The minimum absolute atomic E-state index is 0.0147. The van der Waals surface area contributed by atoms with Crippen LogP contribution < -0.4 is 10.6 Å². The molecule has 0 radical (unpaired) electrons. The van der Waals surface area contributed by atoms with E-state index in [2.05, 4.69) is 31.7 Å². The second kappa shape index (κ2) is 4.76. The third kappa shape index (κ3) is 2.38. The van der Waals surface area contributed by atoms with Crippen molar-refractivity contribution in [3.63, 3.8) is 0 Å². The number of hydrogen-bond acceptors (Lipinski definition) is 3. The molecule has 2 N–H and O–H groups in total. The minimum atomic E-state index is 0.0147. The highest BCUT2D eigenvalue weighted by Gasteiger charge is 2.21. The Morgan fingerprint density at radius 3 is 3.13 bits per heavy atom. The molecular weight excluding hydrogens is 260 g/mol. The van der Waals surface area contributed by atoms with Crippen LogP contribution in [0.25, 0.3) is 0 Å². The number of rotatable bonds is 4. The molecule has 0 atom stereocenters. The summed E-state index contributed by atoms with van der Waals surface area (Å²) in [5.74, 6) is 0.799. The van der Waals surface area contributed by atoms with Crippen molar-refractivity contribution in [2.24, 2.45) is 0 Å². The van der Waals surface area contributed by atoms with Crippen LogP contribution in [0.3, 0.4) is 0 Å². The first kappa shape index (κ1) is 10.6. The van der Waals surface area contributed by atoms with Crippen molar-refractivity contribution >= 4 is 27.7 Å². The van der Waals surface area contributed by atoms with Crippen LogP contribution >= 0.6 is 15.9 Å². The van der Waals surface area contributed by atoms with Gasteiger partial charge in [-0.2, -0.15) is 5.10 Å². The molecule has 0 aromatic carbocycles. The number of nitrogens with zero attached hydrogens (tertiary/aromatic N) is 2. The number of nitrogens with one attached hydrogen (secondary N) is 2. The molecule has 1 saturated heterocycles. The predicted molar refractivity (Wildman–Crippen MR) is 61.2 cm³/mol. The van der Waals surface area contributed by atoms with Gasteiger partial charge in [-0.15, -0.1) is 0 Å². The highest BCUT2D eigenvalue weighted by atomic mass is 79.9. The van der Waals surface area contributed by atoms with Crippen LogP contribution in [-0.2, 0) is 4.79 Å². The van der Waals surface area contributed by atoms with Gasteiger partial charge in [-0.3, -0.25) is 4.79 Å². The smallest absolute Gasteiger partial charge is 0.226 e. The monoisotopic (exact) mass is 272 g/mol. The van der Waals surface area contributed by atoms with Gasteiger partial charge in [0.25, 0.3) is 0 Å². The second-order valence-electron chi connectivity index (χ2n) is 3.46. The fourth-order valence-electron chi connectivity index (χ4n) is 1.44. The van der Waals surface area contributed by atoms with Crippen molar-refractivity contribution in [3.8, 4) is 0 Å². The van der Waals surface area contributed by atoms with E-state index < -0.39 is 0 Å². The summed E-state index contributed by atoms with van der Waals surface area (Å²) in [5.41, 5.74) is 0. The molecule has 1 aromatic heterocycles. The van der Waals surface area contributed by atoms with E-state index in [0.29, 0.717) is 17.8 Å². The van der Waals surface area contributed by atoms with E-state index >= 15 is 0 Å². The highest BCUT2D eigenvalue weighted by Crippen LogP contribution is 2.17. The SMILES string of the molecule is O=C(CCBr)Nc1ccnn1C1CNC1. The molecule has 0 spiro atoms. The summed E-state index contributed by atoms with van der Waals surface area (Å²) in [7, 11) is 0. The molecule has 1 aromatic rings. The summed E-state index contributed by atoms with van der Waals surface area (Å²) in [6.45, 7) is 1.84. The molecule has 6 heteroatoms. The van der Waals surface area contributed by atoms with Gasteiger partial charge in [-0.1, -0.05) is 15.9 Å². The van der Waals surface area contributed by atoms with Gasteiger partial charge in [0.05, 0.1) is 12.2 Å². The maximum Gasteiger partial charge on any atom is 0.226 e. The summed E-state index contributed by atoms with van der Waals surface area (Å²) in [4.78, 5) is 11.4. The normalized spacial score (nSPS) is 16.1. The molecule has 1 aliphatic heterocycles. The van der Waals surface area contributed by atoms with Crippen LogP contribution in [0.2, 0.25) is 0 Å². The molecule has 82 valence electrons. The number of aromatic nitrogens is 2. The van der Waals surface area contributed by atoms with Crippen molar-refractivity contribution in [1.82, 2.24) is 15.1 Å². The number of amides is 1. The summed E-state index contributed by atoms with van der Waals surface area (Å²) in [6, 6.07) is 2.20. The number of halogens is 1. The van der Waals surface area contributed by atoms with Crippen molar-refractivity contribution in [2.45, 2.75) is 12.5 Å². The van der Waals surface area contributed by atoms with Gasteiger partial charge in [-0.05, 0) is 0 Å². The molecule has 1 aliphatic rings. The molecule has 0 saturated carbocycles. The maximum atomic E-state index is 11.4. The van der Waals surface area contributed by atoms with Gasteiger partial charge >= 0.3 is 0 Å². The minimum Gasteiger partial charge on any atom is -0.312 e. The lowest BCUT2D eigenvalue weighted by molar-refractivity contribution is -0.115. The Kier molecular flexibility index (Phi) is 3.37. The summed E-state index contributed by atoms with van der Waals surface area (Å²) < 4.78 is 1.86. The van der Waals surface area contributed by atoms with Crippen molar-refractivity contribution < 1.29 is 4.79 Å². The van der Waals surface area contributed by atoms with E-state index in [1.165, 1.54) is 0 Å². The van der Waals surface area contributed by atoms with Crippen LogP contribution in [0.4, 0.5) is 5.82 Å². The zero-order chi connectivity index (χ0) is 10.7. The van der Waals surface area contributed by atoms with Crippen molar-refractivity contribution in [3.05, 3.63) is 12.3 Å². The standard InChI is InChI=1S/C9H13BrN4O/c10-3-1-9(15)13-8-2-4-12-14(8)7-5-11-6-7/h2,4,7,11H,1,3,5-6H2,(H,13,15). The molecule has 2 heterocycles. The zero-order valence-electron chi connectivity index (χ0n) is 8.24. The summed E-state index contributed by atoms with van der Waals surface area (Å²) in [5, 5.41) is 10.9. The molecule has 1 fully saturated rings. The van der Waals surface area contributed by atoms with Gasteiger partial charge in [0.2, 0.25) is 5.91 Å². The fourth-order valence-corrected chi connectivity index (χ4v) is 1.80. The molecule has 0 unspecified atom stereocenters. The lowest BCUT2D eigenvalue weighted by Crippen LogP contribution is -2.44. The number of anilines is 1. The fraction of sp³-hybridized carbons (Fsp3) is 0.556. The van der Waals surface area contributed by atoms with E-state index in [1.807, 2.05) is 10.7 Å². The molecule has 5 nitrogen and oxygen atoms in total. The number of alkyl halides is 1. The molecule has 1 amide bonds. The first-order valence-corrected chi connectivity index (χ1v) is 6.03. The van der Waals surface area contributed by atoms with E-state index in [9.17, 15) is 4.79 Å². The van der Waals surface area contributed by atoms with Gasteiger partial charge < -0.3 is 10.6 Å². The number of carbonyl (C=O) groups excluding carboxylic acids is 1. The molecule has 0 aliphatic carbocycles. The predicted octanol–water partition coefficient (Wildman–Crippen LogP) is 0.751. The van der Waals surface area contributed by atoms with Crippen LogP contribution in [0.15, 0.2) is 12.3 Å². The number of carbonyl (C=O) groups is 1. The average molecular weight is 273 g/mol. The van der Waals surface area contributed by atoms with Crippen molar-refractivity contribution in [1.29, 1.82) is 0 Å². The maximum absolute atomic E-state index is 11.4. The Morgan fingerprint density at radius 1 is 1.73 bits per heavy atom. The Morgan fingerprint density at radius 2 is 2.53 bits per heavy atom. The largest absolute Gasteiger partial charge is 0.312 e. The lowest BCUT2D eigenvalue weighted by atomic mass is 10.2. The topological polar surface area (TPSA) is 59.0 Å². The molecule has 15 heavy (non-hydrogen) atoms. The number of hydrogen-bond donors (Lipinski definition) is 2. The van der Waals surface area contributed by atoms with Crippen LogP contribution in [-0.4, -0.2) is 34.1 Å². The second-order valence-corrected chi connectivity index (χ2v) is 4.25. The Bertz CT molecular complexity index is 348. The quantitative estimate of drug-likeness (QED) is 0.796. The van der Waals surface area contributed by atoms with E-state index in [-0.39, 0.29) is 5.91 Å². The summed E-state index contributed by atoms with van der Waals surface area (Å²) in [6.07, 6.45) is 2.19. The summed E-state index contributed by atoms with van der Waals surface area (Å²) >= 11 is 3.23. The van der Waals surface area contributed by atoms with E-state index in [0.717, 1.165) is 18.9 Å². The molecular formula is C9H13BrN4O. The first-order valence-electron chi connectivity index (χ1n) is 4.91. The van der Waals surface area contributed by atoms with Gasteiger partial charge in [0, 0.05) is 30.9 Å². The Balaban J connectivity index is 2.01. The van der Waals surface area contributed by atoms with E-state index in [1.54, 1.807) is 6.20 Å². The van der Waals surface area contributed by atoms with Crippen LogP contribution in [0, 0.1) is 0 Å². The van der Waals surface area contributed by atoms with E-state index in [4.69, 9.17) is 0 Å². The highest BCUT2D eigenvalue weighted by molar-refractivity contribution is 9.09. The van der Waals surface area contributed by atoms with Crippen LogP contribution in [0.5, 0.6) is 0 Å². The van der Waals surface area contributed by atoms with Gasteiger partial charge in [0.15, 0.2) is 0 Å². The van der Waals surface area contributed by atoms with Crippen LogP contribution in [0.1, 0.15) is 12.5 Å². The van der Waals surface area contributed by atoms with Gasteiger partial charge in [0.1, 0.15) is 5.82 Å². The lowest BCUT2D eigenvalue weighted by Gasteiger charge is -2.28. The zero-order valence-corrected chi connectivity index (χ0v) is 9.83. The average Bonchev–Trinajstić information content (AvgIpc) is 2.51. The molecule has 2 rings (SSSR count).